The van der Waals surface area contributed by atoms with Crippen molar-refractivity contribution in [2.75, 3.05) is 5.32 Å². The number of rotatable bonds is 2. The fourth-order valence-electron chi connectivity index (χ4n) is 1.64. The van der Waals surface area contributed by atoms with Crippen LogP contribution in [0.2, 0.25) is 5.02 Å². The van der Waals surface area contributed by atoms with Crippen LogP contribution in [0, 0.1) is 22.1 Å². The standard InChI is InChI=1S/C14H9ClF2INO/c1-7-2-4-9(16)12(13(7)17)14(20)19-11-5-3-8(15)6-10(11)18/h2-6H,1H3,(H,19,20). The topological polar surface area (TPSA) is 29.1 Å². The predicted octanol–water partition coefficient (Wildman–Crippen LogP) is 4.78. The first-order valence-electron chi connectivity index (χ1n) is 5.61. The Morgan fingerprint density at radius 1 is 1.25 bits per heavy atom. The number of benzene rings is 2. The van der Waals surface area contributed by atoms with Crippen molar-refractivity contribution >= 4 is 45.8 Å². The monoisotopic (exact) mass is 407 g/mol. The highest BCUT2D eigenvalue weighted by atomic mass is 127. The van der Waals surface area contributed by atoms with Gasteiger partial charge in [-0.15, -0.1) is 0 Å². The predicted molar refractivity (Wildman–Crippen MR) is 83.2 cm³/mol. The van der Waals surface area contributed by atoms with Crippen LogP contribution >= 0.6 is 34.2 Å². The second-order valence-corrected chi connectivity index (χ2v) is 5.73. The molecular weight excluding hydrogens is 399 g/mol. The zero-order valence-electron chi connectivity index (χ0n) is 10.3. The van der Waals surface area contributed by atoms with Gasteiger partial charge in [-0.1, -0.05) is 17.7 Å². The summed E-state index contributed by atoms with van der Waals surface area (Å²) < 4.78 is 28.2. The van der Waals surface area contributed by atoms with Gasteiger partial charge in [-0.05, 0) is 59.3 Å². The average molecular weight is 408 g/mol. The number of halogens is 4. The number of hydrogen-bond donors (Lipinski definition) is 1. The molecule has 0 aromatic heterocycles. The zero-order valence-corrected chi connectivity index (χ0v) is 13.2. The zero-order chi connectivity index (χ0) is 14.9. The number of nitrogens with one attached hydrogen (secondary N) is 1. The number of amides is 1. The molecule has 0 saturated carbocycles. The summed E-state index contributed by atoms with van der Waals surface area (Å²) >= 11 is 7.78. The molecule has 6 heteroatoms. The van der Waals surface area contributed by atoms with Crippen LogP contribution < -0.4 is 5.32 Å². The first kappa shape index (κ1) is 15.2. The summed E-state index contributed by atoms with van der Waals surface area (Å²) in [4.78, 5) is 12.0. The van der Waals surface area contributed by atoms with Crippen LogP contribution in [0.4, 0.5) is 14.5 Å². The lowest BCUT2D eigenvalue weighted by Crippen LogP contribution is -2.17. The molecule has 2 nitrogen and oxygen atoms in total. The van der Waals surface area contributed by atoms with Gasteiger partial charge in [0.2, 0.25) is 0 Å². The highest BCUT2D eigenvalue weighted by molar-refractivity contribution is 14.1. The minimum Gasteiger partial charge on any atom is -0.321 e. The third kappa shape index (κ3) is 3.09. The highest BCUT2D eigenvalue weighted by Crippen LogP contribution is 2.24. The minimum absolute atomic E-state index is 0.211. The summed E-state index contributed by atoms with van der Waals surface area (Å²) in [5.41, 5.74) is 0.0680. The average Bonchev–Trinajstić information content (AvgIpc) is 2.38. The second-order valence-electron chi connectivity index (χ2n) is 4.13. The Labute approximate surface area is 133 Å². The molecule has 0 aliphatic rings. The van der Waals surface area contributed by atoms with E-state index < -0.39 is 23.1 Å². The summed E-state index contributed by atoms with van der Waals surface area (Å²) in [5.74, 6) is -2.58. The fraction of sp³-hybridized carbons (Fsp3) is 0.0714. The van der Waals surface area contributed by atoms with Gasteiger partial charge in [-0.3, -0.25) is 4.79 Å². The van der Waals surface area contributed by atoms with E-state index in [4.69, 9.17) is 11.6 Å². The smallest absolute Gasteiger partial charge is 0.261 e. The third-order valence-corrected chi connectivity index (χ3v) is 3.82. The molecule has 0 radical (unpaired) electrons. The van der Waals surface area contributed by atoms with Crippen molar-refractivity contribution in [1.82, 2.24) is 0 Å². The lowest BCUT2D eigenvalue weighted by atomic mass is 10.1. The van der Waals surface area contributed by atoms with Crippen LogP contribution in [-0.4, -0.2) is 5.91 Å². The quantitative estimate of drug-likeness (QED) is 0.713. The van der Waals surface area contributed by atoms with E-state index in [0.717, 1.165) is 6.07 Å². The summed E-state index contributed by atoms with van der Waals surface area (Å²) in [7, 11) is 0. The molecule has 0 aliphatic heterocycles. The summed E-state index contributed by atoms with van der Waals surface area (Å²) in [6, 6.07) is 7.16. The fourth-order valence-corrected chi connectivity index (χ4v) is 2.65. The Morgan fingerprint density at radius 2 is 1.95 bits per heavy atom. The maximum absolute atomic E-state index is 13.9. The van der Waals surface area contributed by atoms with Crippen LogP contribution in [0.25, 0.3) is 0 Å². The van der Waals surface area contributed by atoms with E-state index in [2.05, 4.69) is 5.32 Å². The van der Waals surface area contributed by atoms with Gasteiger partial charge in [0.15, 0.2) is 0 Å². The summed E-state index contributed by atoms with van der Waals surface area (Å²) in [5, 5.41) is 2.99. The van der Waals surface area contributed by atoms with E-state index >= 15 is 0 Å². The van der Waals surface area contributed by atoms with Crippen LogP contribution in [0.3, 0.4) is 0 Å². The van der Waals surface area contributed by atoms with Gasteiger partial charge in [0, 0.05) is 8.59 Å². The van der Waals surface area contributed by atoms with E-state index in [1.807, 2.05) is 22.6 Å². The number of anilines is 1. The molecule has 2 rings (SSSR count). The van der Waals surface area contributed by atoms with Crippen LogP contribution in [0.1, 0.15) is 15.9 Å². The van der Waals surface area contributed by atoms with Crippen molar-refractivity contribution in [3.05, 3.63) is 61.7 Å². The maximum atomic E-state index is 13.9. The maximum Gasteiger partial charge on any atom is 0.261 e. The van der Waals surface area contributed by atoms with E-state index in [-0.39, 0.29) is 5.56 Å². The van der Waals surface area contributed by atoms with E-state index in [1.165, 1.54) is 13.0 Å². The Morgan fingerprint density at radius 3 is 2.60 bits per heavy atom. The molecule has 0 heterocycles. The van der Waals surface area contributed by atoms with E-state index in [9.17, 15) is 13.6 Å². The number of hydrogen-bond acceptors (Lipinski definition) is 1. The van der Waals surface area contributed by atoms with Crippen molar-refractivity contribution in [1.29, 1.82) is 0 Å². The molecule has 104 valence electrons. The van der Waals surface area contributed by atoms with Crippen molar-refractivity contribution in [3.8, 4) is 0 Å². The van der Waals surface area contributed by atoms with Gasteiger partial charge in [0.25, 0.3) is 5.91 Å². The number of carbonyl (C=O) groups excluding carboxylic acids is 1. The second kappa shape index (κ2) is 6.05. The van der Waals surface area contributed by atoms with Crippen LogP contribution in [-0.2, 0) is 0 Å². The third-order valence-electron chi connectivity index (χ3n) is 2.69. The van der Waals surface area contributed by atoms with Gasteiger partial charge >= 0.3 is 0 Å². The molecule has 20 heavy (non-hydrogen) atoms. The van der Waals surface area contributed by atoms with Crippen LogP contribution in [0.5, 0.6) is 0 Å². The molecule has 0 aliphatic carbocycles. The molecule has 0 fully saturated rings. The summed E-state index contributed by atoms with van der Waals surface area (Å²) in [6.07, 6.45) is 0. The van der Waals surface area contributed by atoms with Crippen molar-refractivity contribution in [3.63, 3.8) is 0 Å². The Kier molecular flexibility index (Phi) is 4.59. The molecule has 0 bridgehead atoms. The molecule has 0 saturated heterocycles. The van der Waals surface area contributed by atoms with E-state index in [0.29, 0.717) is 14.3 Å². The molecule has 1 amide bonds. The lowest BCUT2D eigenvalue weighted by Gasteiger charge is -2.10. The SMILES string of the molecule is Cc1ccc(F)c(C(=O)Nc2ccc(Cl)cc2I)c1F. The molecule has 0 spiro atoms. The summed E-state index contributed by atoms with van der Waals surface area (Å²) in [6.45, 7) is 1.47. The first-order valence-corrected chi connectivity index (χ1v) is 7.07. The van der Waals surface area contributed by atoms with Crippen molar-refractivity contribution in [2.24, 2.45) is 0 Å². The highest BCUT2D eigenvalue weighted by Gasteiger charge is 2.19. The molecule has 0 atom stereocenters. The van der Waals surface area contributed by atoms with Gasteiger partial charge in [-0.25, -0.2) is 8.78 Å². The van der Waals surface area contributed by atoms with Gasteiger partial charge in [-0.2, -0.15) is 0 Å². The van der Waals surface area contributed by atoms with E-state index in [1.54, 1.807) is 18.2 Å². The normalized spacial score (nSPS) is 10.4. The largest absolute Gasteiger partial charge is 0.321 e. The Bertz CT molecular complexity index is 691. The number of aryl methyl sites for hydroxylation is 1. The molecule has 2 aromatic rings. The minimum atomic E-state index is -0.894. The van der Waals surface area contributed by atoms with Crippen LogP contribution in [0.15, 0.2) is 30.3 Å². The number of carbonyl (C=O) groups is 1. The Hall–Kier alpha value is -1.21. The van der Waals surface area contributed by atoms with Crippen molar-refractivity contribution in [2.45, 2.75) is 6.92 Å². The molecule has 2 aromatic carbocycles. The lowest BCUT2D eigenvalue weighted by molar-refractivity contribution is 0.101. The van der Waals surface area contributed by atoms with Gasteiger partial charge in [0.05, 0.1) is 5.69 Å². The van der Waals surface area contributed by atoms with Gasteiger partial charge < -0.3 is 5.32 Å². The first-order chi connectivity index (χ1) is 9.40. The molecular formula is C14H9ClF2INO. The molecule has 0 unspecified atom stereocenters. The van der Waals surface area contributed by atoms with Gasteiger partial charge in [0.1, 0.15) is 17.2 Å². The van der Waals surface area contributed by atoms with Crippen molar-refractivity contribution < 1.29 is 13.6 Å². The Balaban J connectivity index is 2.36. The molecule has 1 N–H and O–H groups in total.